The van der Waals surface area contributed by atoms with Crippen LogP contribution >= 0.6 is 27.5 Å². The van der Waals surface area contributed by atoms with Crippen molar-refractivity contribution in [2.45, 2.75) is 6.92 Å². The Kier molecular flexibility index (Phi) is 1.89. The van der Waals surface area contributed by atoms with Crippen molar-refractivity contribution in [3.63, 3.8) is 0 Å². The van der Waals surface area contributed by atoms with Crippen LogP contribution in [0.15, 0.2) is 27.1 Å². The normalized spacial score (nSPS) is 10.9. The van der Waals surface area contributed by atoms with E-state index in [-0.39, 0.29) is 0 Å². The molecule has 1 heterocycles. The third kappa shape index (κ3) is 1.15. The summed E-state index contributed by atoms with van der Waals surface area (Å²) in [7, 11) is 0. The van der Waals surface area contributed by atoms with Gasteiger partial charge < -0.3 is 4.42 Å². The molecule has 0 atom stereocenters. The highest BCUT2D eigenvalue weighted by Crippen LogP contribution is 2.32. The molecule has 0 amide bonds. The van der Waals surface area contributed by atoms with Crippen molar-refractivity contribution in [1.29, 1.82) is 0 Å². The smallest absolute Gasteiger partial charge is 0.149 e. The van der Waals surface area contributed by atoms with Crippen LogP contribution in [0.25, 0.3) is 11.0 Å². The van der Waals surface area contributed by atoms with Crippen LogP contribution in [0.4, 0.5) is 0 Å². The van der Waals surface area contributed by atoms with Gasteiger partial charge in [-0.15, -0.1) is 0 Å². The maximum Gasteiger partial charge on any atom is 0.149 e. The first-order chi connectivity index (χ1) is 5.68. The number of hydrogen-bond acceptors (Lipinski definition) is 1. The minimum atomic E-state index is 0.727. The van der Waals surface area contributed by atoms with Gasteiger partial charge in [-0.2, -0.15) is 0 Å². The van der Waals surface area contributed by atoms with Gasteiger partial charge in [0, 0.05) is 5.39 Å². The van der Waals surface area contributed by atoms with Gasteiger partial charge in [-0.25, -0.2) is 0 Å². The fourth-order valence-electron chi connectivity index (χ4n) is 1.18. The summed E-state index contributed by atoms with van der Waals surface area (Å²) in [6.45, 7) is 1.91. The molecule has 0 unspecified atom stereocenters. The minimum Gasteiger partial charge on any atom is -0.460 e. The third-order valence-electron chi connectivity index (χ3n) is 1.71. The molecule has 2 rings (SSSR count). The zero-order chi connectivity index (χ0) is 8.72. The van der Waals surface area contributed by atoms with E-state index in [0.717, 1.165) is 26.2 Å². The number of rotatable bonds is 0. The molecule has 1 nitrogen and oxygen atoms in total. The SMILES string of the molecule is Cc1cc2c(Cl)ccc(Br)c2o1. The Morgan fingerprint density at radius 3 is 2.83 bits per heavy atom. The Labute approximate surface area is 83.4 Å². The number of benzene rings is 1. The Bertz CT molecular complexity index is 394. The summed E-state index contributed by atoms with van der Waals surface area (Å²) in [5.41, 5.74) is 0.819. The van der Waals surface area contributed by atoms with Gasteiger partial charge in [-0.05, 0) is 41.1 Å². The van der Waals surface area contributed by atoms with Crippen molar-refractivity contribution < 1.29 is 4.42 Å². The van der Waals surface area contributed by atoms with E-state index in [1.807, 2.05) is 25.1 Å². The molecule has 0 saturated carbocycles. The summed E-state index contributed by atoms with van der Waals surface area (Å²) in [6, 6.07) is 5.67. The standard InChI is InChI=1S/C9H6BrClO/c1-5-4-6-8(11)3-2-7(10)9(6)12-5/h2-4H,1H3. The lowest BCUT2D eigenvalue weighted by Crippen LogP contribution is -1.68. The van der Waals surface area contributed by atoms with E-state index >= 15 is 0 Å². The molecule has 0 radical (unpaired) electrons. The maximum atomic E-state index is 5.96. The van der Waals surface area contributed by atoms with E-state index in [9.17, 15) is 0 Å². The zero-order valence-corrected chi connectivity index (χ0v) is 8.74. The highest BCUT2D eigenvalue weighted by molar-refractivity contribution is 9.10. The Balaban J connectivity index is 2.93. The van der Waals surface area contributed by atoms with Gasteiger partial charge in [0.25, 0.3) is 0 Å². The average molecular weight is 246 g/mol. The summed E-state index contributed by atoms with van der Waals surface area (Å²) < 4.78 is 6.39. The molecular weight excluding hydrogens is 239 g/mol. The van der Waals surface area contributed by atoms with Crippen molar-refractivity contribution >= 4 is 38.5 Å². The summed E-state index contributed by atoms with van der Waals surface area (Å²) in [5.74, 6) is 0.874. The molecule has 0 bridgehead atoms. The minimum absolute atomic E-state index is 0.727. The highest BCUT2D eigenvalue weighted by Gasteiger charge is 2.07. The molecule has 0 fully saturated rings. The highest BCUT2D eigenvalue weighted by atomic mass is 79.9. The van der Waals surface area contributed by atoms with Crippen LogP contribution in [0.5, 0.6) is 0 Å². The van der Waals surface area contributed by atoms with Crippen molar-refractivity contribution in [3.05, 3.63) is 33.5 Å². The zero-order valence-electron chi connectivity index (χ0n) is 6.40. The van der Waals surface area contributed by atoms with Crippen molar-refractivity contribution in [2.75, 3.05) is 0 Å². The van der Waals surface area contributed by atoms with E-state index in [1.54, 1.807) is 0 Å². The number of aryl methyl sites for hydroxylation is 1. The Hall–Kier alpha value is -0.470. The molecule has 62 valence electrons. The summed E-state index contributed by atoms with van der Waals surface area (Å²) >= 11 is 9.35. The van der Waals surface area contributed by atoms with E-state index in [1.165, 1.54) is 0 Å². The Morgan fingerprint density at radius 2 is 2.17 bits per heavy atom. The predicted molar refractivity (Wildman–Crippen MR) is 53.7 cm³/mol. The number of halogens is 2. The topological polar surface area (TPSA) is 13.1 Å². The van der Waals surface area contributed by atoms with Crippen LogP contribution in [0, 0.1) is 6.92 Å². The third-order valence-corrected chi connectivity index (χ3v) is 2.66. The van der Waals surface area contributed by atoms with E-state index in [0.29, 0.717) is 0 Å². The van der Waals surface area contributed by atoms with E-state index in [4.69, 9.17) is 16.0 Å². The van der Waals surface area contributed by atoms with Crippen LogP contribution in [0.1, 0.15) is 5.76 Å². The summed E-state index contributed by atoms with van der Waals surface area (Å²) in [4.78, 5) is 0. The van der Waals surface area contributed by atoms with Gasteiger partial charge >= 0.3 is 0 Å². The van der Waals surface area contributed by atoms with Gasteiger partial charge in [0.05, 0.1) is 9.50 Å². The molecule has 3 heteroatoms. The molecule has 2 aromatic rings. The van der Waals surface area contributed by atoms with Crippen LogP contribution in [-0.2, 0) is 0 Å². The van der Waals surface area contributed by atoms with Crippen LogP contribution in [-0.4, -0.2) is 0 Å². The lowest BCUT2D eigenvalue weighted by Gasteiger charge is -1.93. The first kappa shape index (κ1) is 8.14. The van der Waals surface area contributed by atoms with Crippen LogP contribution in [0.2, 0.25) is 5.02 Å². The number of furan rings is 1. The fourth-order valence-corrected chi connectivity index (χ4v) is 1.81. The summed E-state index contributed by atoms with van der Waals surface area (Å²) in [5, 5.41) is 1.69. The molecular formula is C9H6BrClO. The summed E-state index contributed by atoms with van der Waals surface area (Å²) in [6.07, 6.45) is 0. The van der Waals surface area contributed by atoms with Crippen LogP contribution in [0.3, 0.4) is 0 Å². The molecule has 1 aromatic heterocycles. The monoisotopic (exact) mass is 244 g/mol. The van der Waals surface area contributed by atoms with Crippen molar-refractivity contribution in [1.82, 2.24) is 0 Å². The first-order valence-electron chi connectivity index (χ1n) is 3.52. The van der Waals surface area contributed by atoms with Gasteiger partial charge in [0.15, 0.2) is 0 Å². The lowest BCUT2D eigenvalue weighted by molar-refractivity contribution is 0.577. The maximum absolute atomic E-state index is 5.96. The van der Waals surface area contributed by atoms with E-state index in [2.05, 4.69) is 15.9 Å². The molecule has 0 aliphatic carbocycles. The van der Waals surface area contributed by atoms with Gasteiger partial charge in [0.1, 0.15) is 11.3 Å². The Morgan fingerprint density at radius 1 is 1.42 bits per heavy atom. The van der Waals surface area contributed by atoms with Crippen LogP contribution < -0.4 is 0 Å². The second-order valence-electron chi connectivity index (χ2n) is 2.63. The first-order valence-corrected chi connectivity index (χ1v) is 4.70. The molecule has 0 N–H and O–H groups in total. The molecule has 0 aliphatic heterocycles. The van der Waals surface area contributed by atoms with E-state index < -0.39 is 0 Å². The van der Waals surface area contributed by atoms with Gasteiger partial charge in [0.2, 0.25) is 0 Å². The quantitative estimate of drug-likeness (QED) is 0.679. The lowest BCUT2D eigenvalue weighted by atomic mass is 10.2. The molecule has 0 saturated heterocycles. The van der Waals surface area contributed by atoms with Crippen molar-refractivity contribution in [3.8, 4) is 0 Å². The molecule has 0 spiro atoms. The average Bonchev–Trinajstić information content (AvgIpc) is 2.41. The largest absolute Gasteiger partial charge is 0.460 e. The van der Waals surface area contributed by atoms with Gasteiger partial charge in [-0.3, -0.25) is 0 Å². The molecule has 12 heavy (non-hydrogen) atoms. The number of hydrogen-bond donors (Lipinski definition) is 0. The molecule has 1 aromatic carbocycles. The predicted octanol–water partition coefficient (Wildman–Crippen LogP) is 4.16. The fraction of sp³-hybridized carbons (Fsp3) is 0.111. The van der Waals surface area contributed by atoms with Crippen molar-refractivity contribution in [2.24, 2.45) is 0 Å². The number of fused-ring (bicyclic) bond motifs is 1. The van der Waals surface area contributed by atoms with Gasteiger partial charge in [-0.1, -0.05) is 11.6 Å². The second kappa shape index (κ2) is 2.79. The second-order valence-corrected chi connectivity index (χ2v) is 3.89. The molecule has 0 aliphatic rings.